The molecule has 2 aliphatic rings. The molecule has 2 aliphatic heterocycles. The third kappa shape index (κ3) is 1.09. The monoisotopic (exact) mass is 185 g/mol. The molecule has 0 bridgehead atoms. The molecule has 0 aromatic rings. The number of alkyl halides is 1. The third-order valence-electron chi connectivity index (χ3n) is 2.77. The quantitative estimate of drug-likeness (QED) is 0.440. The van der Waals surface area contributed by atoms with Gasteiger partial charge in [-0.2, -0.15) is 0 Å². The standard InChI is InChI=1S/C9H12FNO2/c1-13-8(12)9-3-2-4-11(9)6-7(10)5-9/h2-3,7H,4-6H2,1H3/t7-,9?/m1/s1. The Kier molecular flexibility index (Phi) is 1.87. The predicted molar refractivity (Wildman–Crippen MR) is 45.0 cm³/mol. The van der Waals surface area contributed by atoms with Crippen LogP contribution in [0.2, 0.25) is 0 Å². The van der Waals surface area contributed by atoms with E-state index in [1.165, 1.54) is 7.11 Å². The zero-order chi connectivity index (χ0) is 9.47. The molecule has 0 aliphatic carbocycles. The summed E-state index contributed by atoms with van der Waals surface area (Å²) >= 11 is 0. The molecule has 1 saturated heterocycles. The van der Waals surface area contributed by atoms with Gasteiger partial charge in [0, 0.05) is 19.5 Å². The van der Waals surface area contributed by atoms with E-state index in [1.54, 1.807) is 6.08 Å². The van der Waals surface area contributed by atoms with Gasteiger partial charge in [-0.3, -0.25) is 4.90 Å². The summed E-state index contributed by atoms with van der Waals surface area (Å²) in [6.45, 7) is 0.984. The second kappa shape index (κ2) is 2.80. The predicted octanol–water partition coefficient (Wildman–Crippen LogP) is 0.512. The lowest BCUT2D eigenvalue weighted by atomic mass is 9.97. The second-order valence-corrected chi connectivity index (χ2v) is 3.52. The summed E-state index contributed by atoms with van der Waals surface area (Å²) in [5, 5.41) is 0. The summed E-state index contributed by atoms with van der Waals surface area (Å²) in [5.41, 5.74) is -0.797. The molecule has 0 spiro atoms. The van der Waals surface area contributed by atoms with Gasteiger partial charge in [-0.25, -0.2) is 9.18 Å². The first kappa shape index (κ1) is 8.69. The van der Waals surface area contributed by atoms with Crippen molar-refractivity contribution in [1.82, 2.24) is 4.90 Å². The van der Waals surface area contributed by atoms with Crippen molar-refractivity contribution in [2.24, 2.45) is 0 Å². The van der Waals surface area contributed by atoms with Crippen LogP contribution in [0.1, 0.15) is 6.42 Å². The van der Waals surface area contributed by atoms with Crippen molar-refractivity contribution < 1.29 is 13.9 Å². The molecule has 2 atom stereocenters. The van der Waals surface area contributed by atoms with Gasteiger partial charge < -0.3 is 4.74 Å². The molecule has 2 rings (SSSR count). The molecular formula is C9H12FNO2. The van der Waals surface area contributed by atoms with E-state index in [0.717, 1.165) is 0 Å². The number of fused-ring (bicyclic) bond motifs is 1. The van der Waals surface area contributed by atoms with Gasteiger partial charge in [-0.15, -0.1) is 0 Å². The van der Waals surface area contributed by atoms with Crippen LogP contribution in [0.5, 0.6) is 0 Å². The molecule has 0 aromatic heterocycles. The van der Waals surface area contributed by atoms with Crippen molar-refractivity contribution >= 4 is 5.97 Å². The fourth-order valence-electron chi connectivity index (χ4n) is 2.18. The number of hydrogen-bond donors (Lipinski definition) is 0. The molecule has 72 valence electrons. The van der Waals surface area contributed by atoms with Crippen LogP contribution in [-0.2, 0) is 9.53 Å². The lowest BCUT2D eigenvalue weighted by Crippen LogP contribution is -2.46. The molecule has 0 amide bonds. The number of esters is 1. The zero-order valence-corrected chi connectivity index (χ0v) is 7.50. The molecule has 3 nitrogen and oxygen atoms in total. The van der Waals surface area contributed by atoms with Crippen LogP contribution in [0.3, 0.4) is 0 Å². The number of rotatable bonds is 1. The molecule has 0 N–H and O–H groups in total. The highest BCUT2D eigenvalue weighted by molar-refractivity contribution is 5.84. The molecule has 2 heterocycles. The topological polar surface area (TPSA) is 29.5 Å². The smallest absolute Gasteiger partial charge is 0.330 e. The van der Waals surface area contributed by atoms with Crippen LogP contribution in [0.25, 0.3) is 0 Å². The molecular weight excluding hydrogens is 173 g/mol. The van der Waals surface area contributed by atoms with E-state index in [1.807, 2.05) is 11.0 Å². The largest absolute Gasteiger partial charge is 0.467 e. The van der Waals surface area contributed by atoms with E-state index in [9.17, 15) is 9.18 Å². The van der Waals surface area contributed by atoms with Crippen LogP contribution >= 0.6 is 0 Å². The zero-order valence-electron chi connectivity index (χ0n) is 7.50. The Morgan fingerprint density at radius 2 is 2.54 bits per heavy atom. The highest BCUT2D eigenvalue weighted by Crippen LogP contribution is 2.36. The number of hydrogen-bond acceptors (Lipinski definition) is 3. The van der Waals surface area contributed by atoms with E-state index in [2.05, 4.69) is 4.74 Å². The van der Waals surface area contributed by atoms with Crippen LogP contribution in [0.15, 0.2) is 12.2 Å². The van der Waals surface area contributed by atoms with Gasteiger partial charge in [0.05, 0.1) is 7.11 Å². The van der Waals surface area contributed by atoms with Crippen LogP contribution in [0, 0.1) is 0 Å². The van der Waals surface area contributed by atoms with Gasteiger partial charge in [0.25, 0.3) is 0 Å². The van der Waals surface area contributed by atoms with Gasteiger partial charge in [0.15, 0.2) is 0 Å². The minimum Gasteiger partial charge on any atom is -0.467 e. The molecule has 0 aromatic carbocycles. The van der Waals surface area contributed by atoms with E-state index in [0.29, 0.717) is 13.1 Å². The van der Waals surface area contributed by atoms with Crippen molar-refractivity contribution in [3.05, 3.63) is 12.2 Å². The summed E-state index contributed by atoms with van der Waals surface area (Å²) in [6.07, 6.45) is 2.97. The molecule has 1 fully saturated rings. The van der Waals surface area contributed by atoms with E-state index in [-0.39, 0.29) is 12.4 Å². The number of halogens is 1. The lowest BCUT2D eigenvalue weighted by Gasteiger charge is -2.27. The third-order valence-corrected chi connectivity index (χ3v) is 2.77. The lowest BCUT2D eigenvalue weighted by molar-refractivity contribution is -0.149. The number of carbonyl (C=O) groups excluding carboxylic acids is 1. The second-order valence-electron chi connectivity index (χ2n) is 3.52. The van der Waals surface area contributed by atoms with Crippen molar-refractivity contribution in [1.29, 1.82) is 0 Å². The maximum Gasteiger partial charge on any atom is 0.330 e. The SMILES string of the molecule is COC(=O)C12C=CCN1C[C@H](F)C2. The Bertz CT molecular complexity index is 266. The van der Waals surface area contributed by atoms with Crippen LogP contribution in [-0.4, -0.2) is 42.8 Å². The van der Waals surface area contributed by atoms with Crippen molar-refractivity contribution in [3.8, 4) is 0 Å². The van der Waals surface area contributed by atoms with Gasteiger partial charge in [-0.05, 0) is 0 Å². The first-order valence-corrected chi connectivity index (χ1v) is 4.34. The molecule has 0 saturated carbocycles. The Labute approximate surface area is 76.2 Å². The number of nitrogens with zero attached hydrogens (tertiary/aromatic N) is 1. The molecule has 4 heteroatoms. The summed E-state index contributed by atoms with van der Waals surface area (Å²) in [4.78, 5) is 13.3. The summed E-state index contributed by atoms with van der Waals surface area (Å²) in [5.74, 6) is -0.346. The molecule has 1 unspecified atom stereocenters. The summed E-state index contributed by atoms with van der Waals surface area (Å²) in [6, 6.07) is 0. The average molecular weight is 185 g/mol. The van der Waals surface area contributed by atoms with Crippen molar-refractivity contribution in [2.45, 2.75) is 18.1 Å². The van der Waals surface area contributed by atoms with Gasteiger partial charge >= 0.3 is 5.97 Å². The van der Waals surface area contributed by atoms with E-state index in [4.69, 9.17) is 0 Å². The number of methoxy groups -OCH3 is 1. The fraction of sp³-hybridized carbons (Fsp3) is 0.667. The normalized spacial score (nSPS) is 37.8. The summed E-state index contributed by atoms with van der Waals surface area (Å²) in [7, 11) is 1.34. The highest BCUT2D eigenvalue weighted by Gasteiger charge is 2.52. The van der Waals surface area contributed by atoms with E-state index < -0.39 is 11.7 Å². The Hall–Kier alpha value is -0.900. The van der Waals surface area contributed by atoms with Gasteiger partial charge in [0.2, 0.25) is 0 Å². The molecule has 13 heavy (non-hydrogen) atoms. The van der Waals surface area contributed by atoms with E-state index >= 15 is 0 Å². The fourth-order valence-corrected chi connectivity index (χ4v) is 2.18. The number of carbonyl (C=O) groups is 1. The maximum atomic E-state index is 13.1. The number of ether oxygens (including phenoxy) is 1. The molecule has 0 radical (unpaired) electrons. The van der Waals surface area contributed by atoms with Crippen molar-refractivity contribution in [3.63, 3.8) is 0 Å². The first-order valence-electron chi connectivity index (χ1n) is 4.34. The maximum absolute atomic E-state index is 13.1. The minimum atomic E-state index is -0.913. The highest BCUT2D eigenvalue weighted by atomic mass is 19.1. The van der Waals surface area contributed by atoms with Crippen LogP contribution < -0.4 is 0 Å². The van der Waals surface area contributed by atoms with Crippen molar-refractivity contribution in [2.75, 3.05) is 20.2 Å². The first-order chi connectivity index (χ1) is 6.19. The Balaban J connectivity index is 2.28. The van der Waals surface area contributed by atoms with Gasteiger partial charge in [0.1, 0.15) is 11.7 Å². The minimum absolute atomic E-state index is 0.232. The van der Waals surface area contributed by atoms with Crippen LogP contribution in [0.4, 0.5) is 4.39 Å². The van der Waals surface area contributed by atoms with Gasteiger partial charge in [-0.1, -0.05) is 12.2 Å². The Morgan fingerprint density at radius 3 is 3.23 bits per heavy atom. The Morgan fingerprint density at radius 1 is 1.77 bits per heavy atom. The summed E-state index contributed by atoms with van der Waals surface area (Å²) < 4.78 is 17.8. The average Bonchev–Trinajstić information content (AvgIpc) is 2.59.